The van der Waals surface area contributed by atoms with E-state index < -0.39 is 0 Å². The van der Waals surface area contributed by atoms with Crippen LogP contribution in [-0.4, -0.2) is 18.9 Å². The molecule has 1 aromatic rings. The Morgan fingerprint density at radius 3 is 2.83 bits per heavy atom. The van der Waals surface area contributed by atoms with E-state index in [1.807, 2.05) is 0 Å². The van der Waals surface area contributed by atoms with Crippen molar-refractivity contribution in [3.63, 3.8) is 0 Å². The minimum atomic E-state index is -0.0178. The van der Waals surface area contributed by atoms with Crippen LogP contribution in [0.5, 0.6) is 0 Å². The van der Waals surface area contributed by atoms with E-state index in [-0.39, 0.29) is 5.41 Å². The van der Waals surface area contributed by atoms with Crippen molar-refractivity contribution in [2.24, 2.45) is 5.41 Å². The van der Waals surface area contributed by atoms with Crippen LogP contribution in [0.1, 0.15) is 44.6 Å². The highest BCUT2D eigenvalue weighted by Gasteiger charge is 2.37. The summed E-state index contributed by atoms with van der Waals surface area (Å²) in [6.07, 6.45) is 5.88. The highest BCUT2D eigenvalue weighted by molar-refractivity contribution is 7.07. The zero-order valence-corrected chi connectivity index (χ0v) is 12.0. The van der Waals surface area contributed by atoms with Gasteiger partial charge < -0.3 is 5.32 Å². The first-order valence-electron chi connectivity index (χ1n) is 7.02. The zero-order valence-electron chi connectivity index (χ0n) is 11.2. The lowest BCUT2D eigenvalue weighted by molar-refractivity contribution is -0.130. The van der Waals surface area contributed by atoms with Gasteiger partial charge in [0.15, 0.2) is 0 Å². The molecule has 3 heteroatoms. The molecule has 0 radical (unpaired) electrons. The molecule has 100 valence electrons. The van der Waals surface area contributed by atoms with E-state index in [9.17, 15) is 4.79 Å². The third-order valence-electron chi connectivity index (χ3n) is 4.10. The number of rotatable bonds is 6. The molecule has 1 aliphatic rings. The van der Waals surface area contributed by atoms with Crippen molar-refractivity contribution in [2.75, 3.05) is 13.1 Å². The van der Waals surface area contributed by atoms with Crippen LogP contribution in [0.15, 0.2) is 16.8 Å². The molecule has 0 aliphatic carbocycles. The zero-order chi connectivity index (χ0) is 12.8. The van der Waals surface area contributed by atoms with Crippen LogP contribution in [0.4, 0.5) is 0 Å². The van der Waals surface area contributed by atoms with Crippen LogP contribution in [0, 0.1) is 5.41 Å². The monoisotopic (exact) mass is 265 g/mol. The summed E-state index contributed by atoms with van der Waals surface area (Å²) in [5, 5.41) is 7.62. The van der Waals surface area contributed by atoms with E-state index in [0.29, 0.717) is 5.78 Å². The molecule has 1 aromatic heterocycles. The summed E-state index contributed by atoms with van der Waals surface area (Å²) in [4.78, 5) is 12.6. The van der Waals surface area contributed by atoms with Crippen molar-refractivity contribution in [1.82, 2.24) is 5.32 Å². The van der Waals surface area contributed by atoms with Gasteiger partial charge in [-0.3, -0.25) is 4.79 Å². The molecule has 1 aliphatic heterocycles. The molecular weight excluding hydrogens is 242 g/mol. The molecule has 0 spiro atoms. The van der Waals surface area contributed by atoms with Gasteiger partial charge in [0.25, 0.3) is 0 Å². The Balaban J connectivity index is 1.95. The summed E-state index contributed by atoms with van der Waals surface area (Å²) < 4.78 is 0. The molecule has 0 aromatic carbocycles. The topological polar surface area (TPSA) is 29.1 Å². The second-order valence-corrected chi connectivity index (χ2v) is 6.12. The quantitative estimate of drug-likeness (QED) is 0.854. The first-order valence-corrected chi connectivity index (χ1v) is 7.96. The maximum Gasteiger partial charge on any atom is 0.139 e. The van der Waals surface area contributed by atoms with Crippen LogP contribution in [0.2, 0.25) is 0 Å². The van der Waals surface area contributed by atoms with Crippen molar-refractivity contribution in [3.8, 4) is 0 Å². The molecule has 1 fully saturated rings. The fraction of sp³-hybridized carbons (Fsp3) is 0.667. The van der Waals surface area contributed by atoms with Crippen molar-refractivity contribution >= 4 is 17.1 Å². The number of carbonyl (C=O) groups is 1. The summed E-state index contributed by atoms with van der Waals surface area (Å²) in [5.41, 5.74) is 1.30. The van der Waals surface area contributed by atoms with E-state index in [0.717, 1.165) is 51.6 Å². The molecule has 1 saturated heterocycles. The van der Waals surface area contributed by atoms with E-state index in [1.54, 1.807) is 11.3 Å². The summed E-state index contributed by atoms with van der Waals surface area (Å²) in [7, 11) is 0. The Bertz CT molecular complexity index is 360. The minimum Gasteiger partial charge on any atom is -0.317 e. The number of piperidine rings is 1. The average molecular weight is 265 g/mol. The SMILES string of the molecule is CCCC1(C(=O)CCc2ccsc2)CCNCC1. The van der Waals surface area contributed by atoms with E-state index in [1.165, 1.54) is 5.56 Å². The van der Waals surface area contributed by atoms with Crippen molar-refractivity contribution < 1.29 is 4.79 Å². The summed E-state index contributed by atoms with van der Waals surface area (Å²) in [6.45, 7) is 4.20. The van der Waals surface area contributed by atoms with Crippen LogP contribution >= 0.6 is 11.3 Å². The van der Waals surface area contributed by atoms with Crippen molar-refractivity contribution in [1.29, 1.82) is 0 Å². The normalized spacial score (nSPS) is 18.7. The number of hydrogen-bond donors (Lipinski definition) is 1. The third kappa shape index (κ3) is 3.21. The predicted molar refractivity (Wildman–Crippen MR) is 77.1 cm³/mol. The van der Waals surface area contributed by atoms with E-state index in [4.69, 9.17) is 0 Å². The molecule has 2 rings (SSSR count). The minimum absolute atomic E-state index is 0.0178. The second-order valence-electron chi connectivity index (χ2n) is 5.34. The Labute approximate surface area is 114 Å². The van der Waals surface area contributed by atoms with Gasteiger partial charge in [0.05, 0.1) is 0 Å². The lowest BCUT2D eigenvalue weighted by Crippen LogP contribution is -2.42. The van der Waals surface area contributed by atoms with Gasteiger partial charge in [0.1, 0.15) is 5.78 Å². The third-order valence-corrected chi connectivity index (χ3v) is 4.83. The van der Waals surface area contributed by atoms with Gasteiger partial charge >= 0.3 is 0 Å². The Morgan fingerprint density at radius 2 is 2.22 bits per heavy atom. The summed E-state index contributed by atoms with van der Waals surface area (Å²) >= 11 is 1.71. The van der Waals surface area contributed by atoms with E-state index in [2.05, 4.69) is 29.1 Å². The molecule has 0 unspecified atom stereocenters. The van der Waals surface area contributed by atoms with Gasteiger partial charge in [0, 0.05) is 11.8 Å². The van der Waals surface area contributed by atoms with Gasteiger partial charge in [-0.15, -0.1) is 0 Å². The molecule has 0 saturated carbocycles. The smallest absolute Gasteiger partial charge is 0.139 e. The number of aryl methyl sites for hydroxylation is 1. The van der Waals surface area contributed by atoms with Gasteiger partial charge in [-0.25, -0.2) is 0 Å². The van der Waals surface area contributed by atoms with E-state index >= 15 is 0 Å². The van der Waals surface area contributed by atoms with Crippen molar-refractivity contribution in [3.05, 3.63) is 22.4 Å². The molecular formula is C15H23NOS. The van der Waals surface area contributed by atoms with Crippen LogP contribution in [0.25, 0.3) is 0 Å². The fourth-order valence-electron chi connectivity index (χ4n) is 3.01. The Morgan fingerprint density at radius 1 is 1.44 bits per heavy atom. The maximum atomic E-state index is 12.6. The molecule has 0 bridgehead atoms. The number of thiophene rings is 1. The van der Waals surface area contributed by atoms with Crippen LogP contribution < -0.4 is 5.32 Å². The molecule has 18 heavy (non-hydrogen) atoms. The van der Waals surface area contributed by atoms with Crippen molar-refractivity contribution in [2.45, 2.75) is 45.4 Å². The Kier molecular flexibility index (Phi) is 4.95. The number of Topliss-reactive ketones (excluding diaryl/α,β-unsaturated/α-hetero) is 1. The van der Waals surface area contributed by atoms with Gasteiger partial charge in [0.2, 0.25) is 0 Å². The lowest BCUT2D eigenvalue weighted by Gasteiger charge is -2.36. The lowest BCUT2D eigenvalue weighted by atomic mass is 9.71. The molecule has 0 atom stereocenters. The van der Waals surface area contributed by atoms with Crippen LogP contribution in [-0.2, 0) is 11.2 Å². The molecule has 0 amide bonds. The largest absolute Gasteiger partial charge is 0.317 e. The van der Waals surface area contributed by atoms with Crippen LogP contribution in [0.3, 0.4) is 0 Å². The maximum absolute atomic E-state index is 12.6. The van der Waals surface area contributed by atoms with Gasteiger partial charge in [-0.1, -0.05) is 13.3 Å². The molecule has 2 nitrogen and oxygen atoms in total. The average Bonchev–Trinajstić information content (AvgIpc) is 2.90. The number of carbonyl (C=O) groups excluding carboxylic acids is 1. The summed E-state index contributed by atoms with van der Waals surface area (Å²) in [5.74, 6) is 0.497. The first-order chi connectivity index (χ1) is 8.77. The highest BCUT2D eigenvalue weighted by atomic mass is 32.1. The predicted octanol–water partition coefficient (Wildman–Crippen LogP) is 3.42. The fourth-order valence-corrected chi connectivity index (χ4v) is 3.71. The number of ketones is 1. The first kappa shape index (κ1) is 13.8. The number of nitrogens with one attached hydrogen (secondary N) is 1. The number of hydrogen-bond acceptors (Lipinski definition) is 3. The van der Waals surface area contributed by atoms with Gasteiger partial charge in [-0.2, -0.15) is 11.3 Å². The standard InChI is InChI=1S/C15H23NOS/c1-2-6-15(7-9-16-10-8-15)14(17)4-3-13-5-11-18-12-13/h5,11-12,16H,2-4,6-10H2,1H3. The molecule has 1 N–H and O–H groups in total. The second kappa shape index (κ2) is 6.48. The molecule has 2 heterocycles. The van der Waals surface area contributed by atoms with Gasteiger partial charge in [-0.05, 0) is 61.2 Å². The Hall–Kier alpha value is -0.670. The summed E-state index contributed by atoms with van der Waals surface area (Å²) in [6, 6.07) is 2.13. The highest BCUT2D eigenvalue weighted by Crippen LogP contribution is 2.36.